The Balaban J connectivity index is 1.39. The van der Waals surface area contributed by atoms with Crippen LogP contribution in [0, 0.1) is 11.6 Å². The average Bonchev–Trinajstić information content (AvgIpc) is 3.21. The van der Waals surface area contributed by atoms with Crippen molar-refractivity contribution in [2.45, 2.75) is 88.3 Å². The predicted octanol–water partition coefficient (Wildman–Crippen LogP) is 6.98. The molecule has 58 heavy (non-hydrogen) atoms. The second kappa shape index (κ2) is 18.7. The summed E-state index contributed by atoms with van der Waals surface area (Å²) < 4.78 is 98.0. The smallest absolute Gasteiger partial charge is 0.430 e. The average molecular weight is 839 g/mol. The lowest BCUT2D eigenvalue weighted by Gasteiger charge is -2.46. The first kappa shape index (κ1) is 43.3. The summed E-state index contributed by atoms with van der Waals surface area (Å²) in [6.07, 6.45) is 2.33. The van der Waals surface area contributed by atoms with Crippen molar-refractivity contribution >= 4 is 26.2 Å². The van der Waals surface area contributed by atoms with Gasteiger partial charge in [0.1, 0.15) is 23.8 Å². The van der Waals surface area contributed by atoms with E-state index in [1.165, 1.54) is 32.9 Å². The number of pyridine rings is 2. The number of hydrogen-bond donors (Lipinski definition) is 0. The van der Waals surface area contributed by atoms with Gasteiger partial charge in [-0.2, -0.15) is 0 Å². The van der Waals surface area contributed by atoms with Crippen LogP contribution in [-0.2, 0) is 53.2 Å². The van der Waals surface area contributed by atoms with Crippen molar-refractivity contribution in [2.24, 2.45) is 0 Å². The van der Waals surface area contributed by atoms with E-state index in [1.54, 1.807) is 48.8 Å². The van der Waals surface area contributed by atoms with E-state index in [9.17, 15) is 30.4 Å². The fraction of sp³-hybridized carbons (Fsp3) is 0.465. The van der Waals surface area contributed by atoms with E-state index in [0.29, 0.717) is 35.4 Å². The third kappa shape index (κ3) is 9.92. The molecule has 11 nitrogen and oxygen atoms in total. The molecule has 312 valence electrons. The van der Waals surface area contributed by atoms with Gasteiger partial charge in [0.25, 0.3) is 0 Å². The van der Waals surface area contributed by atoms with Gasteiger partial charge < -0.3 is 9.47 Å². The molecule has 15 heteroatoms. The first-order chi connectivity index (χ1) is 27.8. The highest BCUT2D eigenvalue weighted by Crippen LogP contribution is 2.44. The maximum Gasteiger partial charge on any atom is 0.508 e. The molecule has 4 heterocycles. The highest BCUT2D eigenvalue weighted by atomic mass is 32.2. The van der Waals surface area contributed by atoms with E-state index in [4.69, 9.17) is 19.4 Å². The normalized spacial score (nSPS) is 18.6. The van der Waals surface area contributed by atoms with Crippen LogP contribution in [0.25, 0.3) is 0 Å². The number of hydrogen-bond acceptors (Lipinski definition) is 9. The molecular weight excluding hydrogens is 787 g/mol. The Morgan fingerprint density at radius 2 is 1.03 bits per heavy atom. The van der Waals surface area contributed by atoms with E-state index in [1.807, 2.05) is 38.1 Å². The molecule has 0 radical (unpaired) electrons. The van der Waals surface area contributed by atoms with E-state index in [2.05, 4.69) is 0 Å². The summed E-state index contributed by atoms with van der Waals surface area (Å²) in [7, 11) is -7.07. The molecule has 2 aromatic carbocycles. The van der Waals surface area contributed by atoms with Gasteiger partial charge in [0.05, 0.1) is 33.7 Å². The van der Waals surface area contributed by atoms with Gasteiger partial charge in [0.15, 0.2) is 0 Å². The van der Waals surface area contributed by atoms with Crippen molar-refractivity contribution in [3.8, 4) is 0 Å². The molecule has 2 aliphatic rings. The second-order valence-corrected chi connectivity index (χ2v) is 19.5. The van der Waals surface area contributed by atoms with Gasteiger partial charge in [-0.3, -0.25) is 9.97 Å². The topological polar surface area (TPSA) is 136 Å². The maximum atomic E-state index is 14.7. The molecule has 0 saturated carbocycles. The van der Waals surface area contributed by atoms with E-state index in [0.717, 1.165) is 0 Å². The Kier molecular flexibility index (Phi) is 14.0. The molecular formula is C43H52F2N4O7S2. The summed E-state index contributed by atoms with van der Waals surface area (Å²) in [5.41, 5.74) is 0.297. The molecule has 0 bridgehead atoms. The molecule has 0 aliphatic carbocycles. The number of sulfonamides is 2. The molecule has 6 rings (SSSR count). The molecule has 4 aromatic rings. The number of benzene rings is 2. The van der Waals surface area contributed by atoms with Crippen LogP contribution in [0.5, 0.6) is 0 Å². The number of ether oxygens (including phenoxy) is 2. The van der Waals surface area contributed by atoms with Crippen molar-refractivity contribution in [3.63, 3.8) is 0 Å². The number of carbonyl (C=O) groups excluding carboxylic acids is 1. The Hall–Kier alpha value is -4.31. The number of rotatable bonds is 16. The van der Waals surface area contributed by atoms with E-state index >= 15 is 0 Å². The number of piperidine rings is 2. The summed E-state index contributed by atoms with van der Waals surface area (Å²) in [6, 6.07) is 22.8. The first-order valence-corrected chi connectivity index (χ1v) is 23.2. The van der Waals surface area contributed by atoms with Crippen LogP contribution < -0.4 is 0 Å². The van der Waals surface area contributed by atoms with Crippen molar-refractivity contribution in [3.05, 3.63) is 131 Å². The van der Waals surface area contributed by atoms with Gasteiger partial charge in [-0.05, 0) is 98.2 Å². The molecule has 2 aromatic heterocycles. The Bertz CT molecular complexity index is 2040. The molecule has 0 amide bonds. The highest BCUT2D eigenvalue weighted by molar-refractivity contribution is 7.89. The standard InChI is InChI=1S/C43H52F2N4O7S2/c1-3-27-57(51,52)48-23-17-42(18-24-48,37-15-5-7-21-46-37)39(31-33-11-9-13-35(44)29-33)55-41(50)56-40(32-34-12-10-14-36(45)30-34)43(38-16-6-8-22-47-38)19-25-49(26-20-43)58(53,54)28-4-2/h5-16,21-22,29-30,39-40H,3-4,17-20,23-28,31-32H2,1-2H3. The second-order valence-electron chi connectivity index (χ2n) is 15.3. The van der Waals surface area contributed by atoms with Crippen LogP contribution >= 0.6 is 0 Å². The Morgan fingerprint density at radius 1 is 0.638 bits per heavy atom. The van der Waals surface area contributed by atoms with Crippen LogP contribution in [0.1, 0.15) is 74.9 Å². The predicted molar refractivity (Wildman–Crippen MR) is 217 cm³/mol. The summed E-state index contributed by atoms with van der Waals surface area (Å²) >= 11 is 0. The fourth-order valence-electron chi connectivity index (χ4n) is 8.62. The Labute approximate surface area is 340 Å². The van der Waals surface area contributed by atoms with Crippen LogP contribution in [-0.4, -0.2) is 91.5 Å². The van der Waals surface area contributed by atoms with Gasteiger partial charge in [0.2, 0.25) is 20.0 Å². The van der Waals surface area contributed by atoms with Crippen LogP contribution in [0.3, 0.4) is 0 Å². The molecule has 2 aliphatic heterocycles. The monoisotopic (exact) mass is 838 g/mol. The zero-order valence-electron chi connectivity index (χ0n) is 33.0. The Morgan fingerprint density at radius 3 is 1.36 bits per heavy atom. The number of carbonyl (C=O) groups is 1. The number of halogens is 2. The summed E-state index contributed by atoms with van der Waals surface area (Å²) in [5, 5.41) is 0. The lowest BCUT2D eigenvalue weighted by molar-refractivity contribution is -0.0586. The largest absolute Gasteiger partial charge is 0.508 e. The molecule has 0 N–H and O–H groups in total. The van der Waals surface area contributed by atoms with Gasteiger partial charge >= 0.3 is 6.16 Å². The lowest BCUT2D eigenvalue weighted by Crippen LogP contribution is -2.55. The van der Waals surface area contributed by atoms with Crippen LogP contribution in [0.4, 0.5) is 13.6 Å². The first-order valence-electron chi connectivity index (χ1n) is 19.9. The number of nitrogens with zero attached hydrogens (tertiary/aromatic N) is 4. The zero-order valence-corrected chi connectivity index (χ0v) is 34.6. The molecule has 0 spiro atoms. The van der Waals surface area contributed by atoms with Gasteiger partial charge in [-0.15, -0.1) is 0 Å². The van der Waals surface area contributed by atoms with E-state index in [-0.39, 0.29) is 76.2 Å². The minimum absolute atomic E-state index is 0.00610. The molecule has 2 fully saturated rings. The van der Waals surface area contributed by atoms with Gasteiger partial charge in [-0.1, -0.05) is 50.2 Å². The highest BCUT2D eigenvalue weighted by Gasteiger charge is 2.51. The molecule has 2 saturated heterocycles. The molecule has 2 atom stereocenters. The SMILES string of the molecule is CCCS(=O)(=O)N1CCC(c2ccccn2)(C(Cc2cccc(F)c2)OC(=O)OC(Cc2cccc(F)c2)C2(c3ccccn3)CCN(S(=O)(=O)CCC)CC2)CC1. The van der Waals surface area contributed by atoms with Crippen molar-refractivity contribution in [2.75, 3.05) is 37.7 Å². The summed E-state index contributed by atoms with van der Waals surface area (Å²) in [4.78, 5) is 24.0. The van der Waals surface area contributed by atoms with E-state index < -0.39 is 60.9 Å². The van der Waals surface area contributed by atoms with Crippen LogP contribution in [0.15, 0.2) is 97.3 Å². The van der Waals surface area contributed by atoms with Gasteiger partial charge in [0, 0.05) is 51.4 Å². The van der Waals surface area contributed by atoms with Crippen LogP contribution in [0.2, 0.25) is 0 Å². The summed E-state index contributed by atoms with van der Waals surface area (Å²) in [5.74, 6) is -0.921. The van der Waals surface area contributed by atoms with Crippen molar-refractivity contribution in [1.29, 1.82) is 0 Å². The van der Waals surface area contributed by atoms with Crippen molar-refractivity contribution in [1.82, 2.24) is 18.6 Å². The van der Waals surface area contributed by atoms with Gasteiger partial charge in [-0.25, -0.2) is 39.0 Å². The number of aromatic nitrogens is 2. The maximum absolute atomic E-state index is 14.7. The minimum atomic E-state index is -3.53. The third-order valence-corrected chi connectivity index (χ3v) is 15.8. The quantitative estimate of drug-likeness (QED) is 0.110. The summed E-state index contributed by atoms with van der Waals surface area (Å²) in [6.45, 7) is 4.23. The minimum Gasteiger partial charge on any atom is -0.430 e. The lowest BCUT2D eigenvalue weighted by atomic mass is 9.69. The fourth-order valence-corrected chi connectivity index (χ4v) is 11.6. The zero-order chi connectivity index (χ0) is 41.4. The third-order valence-electron chi connectivity index (χ3n) is 11.6. The van der Waals surface area contributed by atoms with Crippen molar-refractivity contribution < 1.29 is 39.9 Å². The molecule has 2 unspecified atom stereocenters.